The molecule has 1 atom stereocenters. The zero-order valence-corrected chi connectivity index (χ0v) is 12.9. The molecule has 8 nitrogen and oxygen atoms in total. The molecule has 1 aromatic carbocycles. The molecule has 0 aromatic heterocycles. The first-order chi connectivity index (χ1) is 10.6. The quantitative estimate of drug-likeness (QED) is 0.424. The second-order valence-corrected chi connectivity index (χ2v) is 5.10. The van der Waals surface area contributed by atoms with E-state index in [1.807, 2.05) is 30.3 Å². The number of nitrogens with two attached hydrogens (primary N) is 1. The van der Waals surface area contributed by atoms with Crippen LogP contribution in [0.2, 0.25) is 0 Å². The van der Waals surface area contributed by atoms with Crippen LogP contribution in [0.5, 0.6) is 0 Å². The molecule has 0 amide bonds. The van der Waals surface area contributed by atoms with E-state index in [1.165, 1.54) is 6.92 Å². The lowest BCUT2D eigenvalue weighted by Crippen LogP contribution is -2.46. The largest absolute Gasteiger partial charge is 0.481 e. The van der Waals surface area contributed by atoms with Crippen molar-refractivity contribution in [2.24, 2.45) is 5.73 Å². The highest BCUT2D eigenvalue weighted by Gasteiger charge is 2.27. The summed E-state index contributed by atoms with van der Waals surface area (Å²) >= 11 is 0. The molecule has 0 spiro atoms. The molecular weight excluding hydrogens is 304 g/mol. The third kappa shape index (κ3) is 10.9. The van der Waals surface area contributed by atoms with Gasteiger partial charge in [0.1, 0.15) is 5.54 Å². The minimum Gasteiger partial charge on any atom is -0.481 e. The zero-order valence-electron chi connectivity index (χ0n) is 12.9. The van der Waals surface area contributed by atoms with Crippen molar-refractivity contribution in [1.82, 2.24) is 5.32 Å². The Bertz CT molecular complexity index is 500. The Morgan fingerprint density at radius 2 is 1.65 bits per heavy atom. The summed E-state index contributed by atoms with van der Waals surface area (Å²) in [4.78, 5) is 30.4. The summed E-state index contributed by atoms with van der Waals surface area (Å²) in [7, 11) is 0. The lowest BCUT2D eigenvalue weighted by molar-refractivity contribution is -0.142. The molecule has 0 unspecified atom stereocenters. The molecule has 0 radical (unpaired) electrons. The Balaban J connectivity index is 0.000000438. The van der Waals surface area contributed by atoms with Crippen LogP contribution in [0.4, 0.5) is 0 Å². The zero-order chi connectivity index (χ0) is 17.9. The van der Waals surface area contributed by atoms with Gasteiger partial charge >= 0.3 is 17.9 Å². The van der Waals surface area contributed by atoms with Gasteiger partial charge in [-0.2, -0.15) is 0 Å². The van der Waals surface area contributed by atoms with Gasteiger partial charge < -0.3 is 26.4 Å². The lowest BCUT2D eigenvalue weighted by Gasteiger charge is -2.18. The molecular formula is C15H22N2O6. The predicted octanol–water partition coefficient (Wildman–Crippen LogP) is 0.166. The molecule has 128 valence electrons. The van der Waals surface area contributed by atoms with Crippen molar-refractivity contribution < 1.29 is 29.7 Å². The highest BCUT2D eigenvalue weighted by atomic mass is 16.4. The van der Waals surface area contributed by atoms with Crippen molar-refractivity contribution in [3.05, 3.63) is 35.9 Å². The summed E-state index contributed by atoms with van der Waals surface area (Å²) in [6.45, 7) is 1.53. The summed E-state index contributed by atoms with van der Waals surface area (Å²) in [5, 5.41) is 27.4. The van der Waals surface area contributed by atoms with E-state index in [2.05, 4.69) is 5.32 Å². The maximum Gasteiger partial charge on any atom is 0.323 e. The Morgan fingerprint density at radius 3 is 2.09 bits per heavy atom. The number of carbonyl (C=O) groups is 3. The Hall–Kier alpha value is -2.45. The van der Waals surface area contributed by atoms with Crippen LogP contribution >= 0.6 is 0 Å². The van der Waals surface area contributed by atoms with E-state index in [9.17, 15) is 14.4 Å². The van der Waals surface area contributed by atoms with Crippen molar-refractivity contribution in [2.75, 3.05) is 13.1 Å². The molecule has 0 saturated heterocycles. The Morgan fingerprint density at radius 1 is 1.09 bits per heavy atom. The molecule has 23 heavy (non-hydrogen) atoms. The van der Waals surface area contributed by atoms with Gasteiger partial charge in [-0.25, -0.2) is 0 Å². The number of carboxylic acid groups (broad SMARTS) is 3. The highest BCUT2D eigenvalue weighted by molar-refractivity contribution is 5.78. The van der Waals surface area contributed by atoms with E-state index in [-0.39, 0.29) is 19.5 Å². The fourth-order valence-corrected chi connectivity index (χ4v) is 1.49. The maximum atomic E-state index is 10.7. The minimum absolute atomic E-state index is 0.0483. The normalized spacial score (nSPS) is 12.4. The first-order valence-corrected chi connectivity index (χ1v) is 6.85. The number of rotatable bonds is 8. The van der Waals surface area contributed by atoms with Gasteiger partial charge in [0.05, 0.1) is 13.0 Å². The first-order valence-electron chi connectivity index (χ1n) is 6.85. The molecule has 0 saturated carbocycles. The van der Waals surface area contributed by atoms with Crippen LogP contribution in [-0.4, -0.2) is 51.9 Å². The van der Waals surface area contributed by atoms with E-state index in [0.717, 1.165) is 5.56 Å². The standard InChI is InChI=1S/C10H13NO2.C5H9NO4/c1-10(11,9(12)13)7-8-5-3-2-4-6-8;7-4(8)1-2-6-3-5(9)10/h2-6H,7,11H2,1H3,(H,12,13);6H,1-3H2,(H,7,8)(H,9,10)/t10-;/m0./s1. The fourth-order valence-electron chi connectivity index (χ4n) is 1.49. The van der Waals surface area contributed by atoms with E-state index >= 15 is 0 Å². The van der Waals surface area contributed by atoms with E-state index in [1.54, 1.807) is 0 Å². The van der Waals surface area contributed by atoms with Crippen LogP contribution < -0.4 is 11.1 Å². The van der Waals surface area contributed by atoms with Crippen molar-refractivity contribution in [1.29, 1.82) is 0 Å². The van der Waals surface area contributed by atoms with Crippen LogP contribution in [0.25, 0.3) is 0 Å². The van der Waals surface area contributed by atoms with Gasteiger partial charge in [0.25, 0.3) is 0 Å². The molecule has 1 aromatic rings. The van der Waals surface area contributed by atoms with E-state index in [0.29, 0.717) is 6.42 Å². The molecule has 0 aliphatic heterocycles. The Labute approximate surface area is 133 Å². The molecule has 0 bridgehead atoms. The predicted molar refractivity (Wildman–Crippen MR) is 83.1 cm³/mol. The molecule has 8 heteroatoms. The third-order valence-corrected chi connectivity index (χ3v) is 2.69. The van der Waals surface area contributed by atoms with Gasteiger partial charge in [0, 0.05) is 13.0 Å². The number of nitrogens with one attached hydrogen (secondary N) is 1. The van der Waals surface area contributed by atoms with Gasteiger partial charge in [0.15, 0.2) is 0 Å². The van der Waals surface area contributed by atoms with Gasteiger partial charge in [-0.3, -0.25) is 14.4 Å². The summed E-state index contributed by atoms with van der Waals surface area (Å²) in [5.74, 6) is -2.89. The summed E-state index contributed by atoms with van der Waals surface area (Å²) < 4.78 is 0. The summed E-state index contributed by atoms with van der Waals surface area (Å²) in [6, 6.07) is 9.36. The number of benzene rings is 1. The highest BCUT2D eigenvalue weighted by Crippen LogP contribution is 2.10. The average Bonchev–Trinajstić information content (AvgIpc) is 2.44. The monoisotopic (exact) mass is 326 g/mol. The molecule has 0 fully saturated rings. The molecule has 0 aliphatic rings. The van der Waals surface area contributed by atoms with E-state index < -0.39 is 23.4 Å². The summed E-state index contributed by atoms with van der Waals surface area (Å²) in [5.41, 5.74) is 5.35. The first kappa shape index (κ1) is 20.6. The minimum atomic E-state index is -1.18. The number of aliphatic carboxylic acids is 3. The van der Waals surface area contributed by atoms with Crippen LogP contribution in [0.1, 0.15) is 18.9 Å². The van der Waals surface area contributed by atoms with Crippen molar-refractivity contribution in [2.45, 2.75) is 25.3 Å². The molecule has 6 N–H and O–H groups in total. The fraction of sp³-hybridized carbons (Fsp3) is 0.400. The Kier molecular flexibility index (Phi) is 9.21. The van der Waals surface area contributed by atoms with Crippen LogP contribution in [0.3, 0.4) is 0 Å². The van der Waals surface area contributed by atoms with Crippen molar-refractivity contribution in [3.63, 3.8) is 0 Å². The smallest absolute Gasteiger partial charge is 0.323 e. The lowest BCUT2D eigenvalue weighted by atomic mass is 9.94. The second kappa shape index (κ2) is 10.3. The topological polar surface area (TPSA) is 150 Å². The molecule has 1 rings (SSSR count). The average molecular weight is 326 g/mol. The second-order valence-electron chi connectivity index (χ2n) is 5.10. The van der Waals surface area contributed by atoms with Gasteiger partial charge in [-0.05, 0) is 12.5 Å². The number of hydrogen-bond acceptors (Lipinski definition) is 5. The van der Waals surface area contributed by atoms with Crippen LogP contribution in [0, 0.1) is 0 Å². The van der Waals surface area contributed by atoms with Crippen LogP contribution in [-0.2, 0) is 20.8 Å². The maximum absolute atomic E-state index is 10.7. The number of carboxylic acids is 3. The van der Waals surface area contributed by atoms with Crippen molar-refractivity contribution >= 4 is 17.9 Å². The van der Waals surface area contributed by atoms with Gasteiger partial charge in [-0.1, -0.05) is 30.3 Å². The van der Waals surface area contributed by atoms with Gasteiger partial charge in [-0.15, -0.1) is 0 Å². The number of hydrogen-bond donors (Lipinski definition) is 5. The van der Waals surface area contributed by atoms with Gasteiger partial charge in [0.2, 0.25) is 0 Å². The third-order valence-electron chi connectivity index (χ3n) is 2.69. The van der Waals surface area contributed by atoms with E-state index in [4.69, 9.17) is 21.1 Å². The van der Waals surface area contributed by atoms with Crippen molar-refractivity contribution in [3.8, 4) is 0 Å². The summed E-state index contributed by atoms with van der Waals surface area (Å²) in [6.07, 6.45) is 0.302. The molecule has 0 heterocycles. The molecule has 0 aliphatic carbocycles. The SMILES string of the molecule is C[C@](N)(Cc1ccccc1)C(=O)O.O=C(O)CCNCC(=O)O. The van der Waals surface area contributed by atoms with Crippen LogP contribution in [0.15, 0.2) is 30.3 Å².